The number of aromatic nitrogens is 8. The molecule has 0 unspecified atom stereocenters. The van der Waals surface area contributed by atoms with Gasteiger partial charge in [-0.1, -0.05) is 0 Å². The molecule has 142 valence electrons. The van der Waals surface area contributed by atoms with E-state index in [1.165, 1.54) is 0 Å². The molecular formula is C18H12N8S3. The lowest BCUT2D eigenvalue weighted by atomic mass is 10.3. The van der Waals surface area contributed by atoms with Crippen molar-refractivity contribution >= 4 is 60.5 Å². The Morgan fingerprint density at radius 2 is 1.90 bits per heavy atom. The second kappa shape index (κ2) is 6.31. The quantitative estimate of drug-likeness (QED) is 0.409. The molecule has 0 aliphatic heterocycles. The summed E-state index contributed by atoms with van der Waals surface area (Å²) in [7, 11) is 0. The smallest absolute Gasteiger partial charge is 0.201 e. The number of fused-ring (bicyclic) bond motifs is 4. The Kier molecular flexibility index (Phi) is 3.70. The Morgan fingerprint density at radius 1 is 1.00 bits per heavy atom. The number of nitrogens with zero attached hydrogens (tertiary/aromatic N) is 8. The van der Waals surface area contributed by atoms with Crippen LogP contribution < -0.4 is 0 Å². The fourth-order valence-corrected chi connectivity index (χ4v) is 5.78. The Hall–Kier alpha value is -2.89. The first-order chi connectivity index (χ1) is 14.2. The molecule has 6 heterocycles. The van der Waals surface area contributed by atoms with Gasteiger partial charge >= 0.3 is 0 Å². The standard InChI is InChI=1S/C18H12N8S3/c1-9-13(10(2)26(24-9)15-11-3-5-28-17(11)20-7-19-15)29-18-23-22-16-14-12(4-6-27-14)21-8-25(16)18/h3-8H,1-2H3. The van der Waals surface area contributed by atoms with Crippen molar-refractivity contribution in [1.29, 1.82) is 0 Å². The van der Waals surface area contributed by atoms with Crippen LogP contribution in [0.4, 0.5) is 0 Å². The molecule has 0 atom stereocenters. The van der Waals surface area contributed by atoms with E-state index < -0.39 is 0 Å². The third kappa shape index (κ3) is 2.51. The minimum atomic E-state index is 0.761. The van der Waals surface area contributed by atoms with Gasteiger partial charge in [-0.05, 0) is 48.5 Å². The molecule has 0 radical (unpaired) electrons. The first kappa shape index (κ1) is 17.0. The number of rotatable bonds is 3. The lowest BCUT2D eigenvalue weighted by molar-refractivity contribution is 0.809. The summed E-state index contributed by atoms with van der Waals surface area (Å²) >= 11 is 4.76. The summed E-state index contributed by atoms with van der Waals surface area (Å²) in [4.78, 5) is 15.3. The fourth-order valence-electron chi connectivity index (χ4n) is 3.32. The molecule has 8 nitrogen and oxygen atoms in total. The summed E-state index contributed by atoms with van der Waals surface area (Å²) in [6.07, 6.45) is 3.36. The first-order valence-electron chi connectivity index (χ1n) is 8.70. The summed E-state index contributed by atoms with van der Waals surface area (Å²) in [5, 5.41) is 19.3. The Labute approximate surface area is 176 Å². The van der Waals surface area contributed by atoms with Crippen LogP contribution in [0.15, 0.2) is 45.6 Å². The normalized spacial score (nSPS) is 11.9. The van der Waals surface area contributed by atoms with E-state index in [9.17, 15) is 0 Å². The van der Waals surface area contributed by atoms with E-state index in [4.69, 9.17) is 5.10 Å². The summed E-state index contributed by atoms with van der Waals surface area (Å²) in [6, 6.07) is 4.02. The molecule has 0 spiro atoms. The molecule has 0 amide bonds. The second-order valence-corrected chi connectivity index (χ2v) is 9.19. The largest absolute Gasteiger partial charge is 0.259 e. The maximum absolute atomic E-state index is 4.75. The molecule has 29 heavy (non-hydrogen) atoms. The van der Waals surface area contributed by atoms with Crippen molar-refractivity contribution in [1.82, 2.24) is 39.3 Å². The molecule has 6 rings (SSSR count). The van der Waals surface area contributed by atoms with Crippen molar-refractivity contribution in [3.63, 3.8) is 0 Å². The summed E-state index contributed by atoms with van der Waals surface area (Å²) in [6.45, 7) is 4.04. The van der Waals surface area contributed by atoms with Crippen molar-refractivity contribution in [2.45, 2.75) is 23.9 Å². The van der Waals surface area contributed by atoms with Crippen molar-refractivity contribution in [2.24, 2.45) is 0 Å². The van der Waals surface area contributed by atoms with Gasteiger partial charge in [0.05, 0.1) is 31.9 Å². The highest BCUT2D eigenvalue weighted by Gasteiger charge is 2.20. The lowest BCUT2D eigenvalue weighted by Gasteiger charge is -2.05. The average Bonchev–Trinajstić information content (AvgIpc) is 3.50. The van der Waals surface area contributed by atoms with Crippen LogP contribution in [0.3, 0.4) is 0 Å². The highest BCUT2D eigenvalue weighted by molar-refractivity contribution is 7.99. The Morgan fingerprint density at radius 3 is 2.83 bits per heavy atom. The molecular weight excluding hydrogens is 424 g/mol. The van der Waals surface area contributed by atoms with Crippen molar-refractivity contribution < 1.29 is 0 Å². The zero-order valence-corrected chi connectivity index (χ0v) is 17.7. The Balaban J connectivity index is 1.47. The molecule has 0 aliphatic carbocycles. The third-order valence-electron chi connectivity index (χ3n) is 4.68. The van der Waals surface area contributed by atoms with E-state index in [0.717, 1.165) is 53.3 Å². The van der Waals surface area contributed by atoms with Crippen LogP contribution in [0.25, 0.3) is 31.9 Å². The van der Waals surface area contributed by atoms with Crippen LogP contribution in [0.2, 0.25) is 0 Å². The number of aryl methyl sites for hydroxylation is 1. The van der Waals surface area contributed by atoms with Gasteiger partial charge in [0, 0.05) is 0 Å². The van der Waals surface area contributed by atoms with Crippen molar-refractivity contribution in [3.8, 4) is 5.82 Å². The van der Waals surface area contributed by atoms with Crippen LogP contribution in [-0.2, 0) is 0 Å². The van der Waals surface area contributed by atoms with E-state index in [0.29, 0.717) is 0 Å². The minimum absolute atomic E-state index is 0.761. The second-order valence-electron chi connectivity index (χ2n) is 6.41. The summed E-state index contributed by atoms with van der Waals surface area (Å²) < 4.78 is 4.85. The molecule has 0 saturated heterocycles. The number of thiophene rings is 2. The topological polar surface area (TPSA) is 86.7 Å². The summed E-state index contributed by atoms with van der Waals surface area (Å²) in [5.74, 6) is 0.789. The van der Waals surface area contributed by atoms with Crippen LogP contribution in [-0.4, -0.2) is 39.3 Å². The van der Waals surface area contributed by atoms with E-state index in [2.05, 4.69) is 25.1 Å². The van der Waals surface area contributed by atoms with Gasteiger partial charge in [-0.15, -0.1) is 32.9 Å². The predicted molar refractivity (Wildman–Crippen MR) is 114 cm³/mol. The maximum atomic E-state index is 4.75. The van der Waals surface area contributed by atoms with Crippen LogP contribution in [0.1, 0.15) is 11.4 Å². The molecule has 6 aromatic heterocycles. The van der Waals surface area contributed by atoms with E-state index in [1.807, 2.05) is 45.8 Å². The van der Waals surface area contributed by atoms with Gasteiger partial charge in [-0.25, -0.2) is 19.6 Å². The van der Waals surface area contributed by atoms with Crippen molar-refractivity contribution in [2.75, 3.05) is 0 Å². The highest BCUT2D eigenvalue weighted by atomic mass is 32.2. The summed E-state index contributed by atoms with van der Waals surface area (Å²) in [5.41, 5.74) is 3.68. The molecule has 0 aromatic carbocycles. The van der Waals surface area contributed by atoms with Gasteiger partial charge in [0.1, 0.15) is 17.5 Å². The predicted octanol–water partition coefficient (Wildman–Crippen LogP) is 4.30. The maximum Gasteiger partial charge on any atom is 0.201 e. The third-order valence-corrected chi connectivity index (χ3v) is 7.66. The van der Waals surface area contributed by atoms with Crippen LogP contribution >= 0.6 is 34.4 Å². The molecule has 0 bridgehead atoms. The molecule has 11 heteroatoms. The van der Waals surface area contributed by atoms with Gasteiger partial charge in [-0.3, -0.25) is 4.40 Å². The molecule has 0 N–H and O–H groups in total. The molecule has 0 aliphatic rings. The van der Waals surface area contributed by atoms with Gasteiger partial charge < -0.3 is 0 Å². The Bertz CT molecular complexity index is 1520. The zero-order valence-electron chi connectivity index (χ0n) is 15.3. The minimum Gasteiger partial charge on any atom is -0.259 e. The number of hydrogen-bond acceptors (Lipinski definition) is 9. The molecule has 0 saturated carbocycles. The molecule has 0 fully saturated rings. The van der Waals surface area contributed by atoms with Crippen LogP contribution in [0.5, 0.6) is 0 Å². The number of hydrogen-bond donors (Lipinski definition) is 0. The average molecular weight is 437 g/mol. The first-order valence-corrected chi connectivity index (χ1v) is 11.3. The van der Waals surface area contributed by atoms with E-state index >= 15 is 0 Å². The monoisotopic (exact) mass is 436 g/mol. The molecule has 6 aromatic rings. The highest BCUT2D eigenvalue weighted by Crippen LogP contribution is 2.35. The zero-order chi connectivity index (χ0) is 19.5. The van der Waals surface area contributed by atoms with Crippen LogP contribution in [0, 0.1) is 13.8 Å². The van der Waals surface area contributed by atoms with Gasteiger partial charge in [0.25, 0.3) is 0 Å². The van der Waals surface area contributed by atoms with Crippen molar-refractivity contribution in [3.05, 3.63) is 46.9 Å². The van der Waals surface area contributed by atoms with Gasteiger partial charge in [0.2, 0.25) is 5.16 Å². The van der Waals surface area contributed by atoms with Gasteiger partial charge in [0.15, 0.2) is 11.5 Å². The fraction of sp³-hybridized carbons (Fsp3) is 0.111. The van der Waals surface area contributed by atoms with E-state index in [1.54, 1.807) is 47.1 Å². The lowest BCUT2D eigenvalue weighted by Crippen LogP contribution is -2.02. The SMILES string of the molecule is Cc1nn(-c2ncnc3sccc23)c(C)c1Sc1nnc2c3sccc3ncn12. The van der Waals surface area contributed by atoms with Gasteiger partial charge in [-0.2, -0.15) is 5.10 Å². The van der Waals surface area contributed by atoms with E-state index in [-0.39, 0.29) is 0 Å².